The van der Waals surface area contributed by atoms with E-state index in [0.717, 1.165) is 30.0 Å². The van der Waals surface area contributed by atoms with Gasteiger partial charge >= 0.3 is 0 Å². The van der Waals surface area contributed by atoms with Crippen molar-refractivity contribution >= 4 is 97.6 Å². The van der Waals surface area contributed by atoms with Gasteiger partial charge in [-0.1, -0.05) is 0 Å². The smallest absolute Gasteiger partial charge is 0.126 e. The van der Waals surface area contributed by atoms with Gasteiger partial charge in [0.05, 0.1) is 20.4 Å². The second-order valence-electron chi connectivity index (χ2n) is 5.09. The van der Waals surface area contributed by atoms with Crippen LogP contribution in [0.25, 0.3) is 41.6 Å². The fraction of sp³-hybridized carbons (Fsp3) is 0. The zero-order chi connectivity index (χ0) is 16.3. The molecule has 1 aromatic carbocycles. The van der Waals surface area contributed by atoms with E-state index in [2.05, 4.69) is 65.5 Å². The van der Waals surface area contributed by atoms with E-state index >= 15 is 0 Å². The first-order chi connectivity index (χ1) is 11.7. The topological polar surface area (TPSA) is 25.8 Å². The van der Waals surface area contributed by atoms with Crippen LogP contribution in [0.1, 0.15) is 0 Å². The summed E-state index contributed by atoms with van der Waals surface area (Å²) in [5.74, 6) is 0. The van der Waals surface area contributed by atoms with Crippen molar-refractivity contribution in [3.05, 3.63) is 42.6 Å². The minimum atomic E-state index is 1.04. The normalized spacial score (nSPS) is 11.8. The molecule has 5 aromatic rings. The van der Waals surface area contributed by atoms with Gasteiger partial charge in [0.15, 0.2) is 0 Å². The lowest BCUT2D eigenvalue weighted by atomic mass is 10.3. The van der Waals surface area contributed by atoms with Gasteiger partial charge in [-0.25, -0.2) is 9.97 Å². The number of nitrogens with zero attached hydrogens (tertiary/aromatic N) is 2. The number of halogens is 2. The number of thiophene rings is 2. The molecule has 0 aliphatic rings. The van der Waals surface area contributed by atoms with Crippen LogP contribution in [0.3, 0.4) is 0 Å². The van der Waals surface area contributed by atoms with Crippen LogP contribution in [0.5, 0.6) is 0 Å². The Kier molecular flexibility index (Phi) is 3.88. The molecule has 118 valence electrons. The predicted molar refractivity (Wildman–Crippen MR) is 115 cm³/mol. The molecule has 5 rings (SSSR count). The fourth-order valence-electron chi connectivity index (χ4n) is 2.45. The second kappa shape index (κ2) is 5.96. The lowest BCUT2D eigenvalue weighted by molar-refractivity contribution is 1.48. The summed E-state index contributed by atoms with van der Waals surface area (Å²) in [4.78, 5) is 9.65. The number of hydrogen-bond donors (Lipinski definition) is 0. The third kappa shape index (κ3) is 2.51. The highest BCUT2D eigenvalue weighted by molar-refractivity contribution is 9.11. The monoisotopic (exact) mass is 512 g/mol. The highest BCUT2D eigenvalue weighted by atomic mass is 79.9. The molecule has 24 heavy (non-hydrogen) atoms. The largest absolute Gasteiger partial charge is 0.236 e. The van der Waals surface area contributed by atoms with Crippen molar-refractivity contribution in [3.8, 4) is 21.1 Å². The molecule has 0 radical (unpaired) electrons. The van der Waals surface area contributed by atoms with Gasteiger partial charge in [-0.15, -0.1) is 22.7 Å². The third-order valence-electron chi connectivity index (χ3n) is 3.59. The SMILES string of the molecule is Brc1cscc1-c1nc2cc3sc(-c4cscc4Br)nc3cc2s1. The molecule has 4 heterocycles. The summed E-state index contributed by atoms with van der Waals surface area (Å²) in [7, 11) is 0. The zero-order valence-electron chi connectivity index (χ0n) is 11.7. The lowest BCUT2D eigenvalue weighted by Crippen LogP contribution is -1.73. The van der Waals surface area contributed by atoms with E-state index in [9.17, 15) is 0 Å². The summed E-state index contributed by atoms with van der Waals surface area (Å²) in [6, 6.07) is 4.32. The molecule has 2 nitrogen and oxygen atoms in total. The van der Waals surface area contributed by atoms with Crippen molar-refractivity contribution in [3.63, 3.8) is 0 Å². The van der Waals surface area contributed by atoms with Crippen LogP contribution in [-0.4, -0.2) is 9.97 Å². The summed E-state index contributed by atoms with van der Waals surface area (Å²) in [6.07, 6.45) is 0. The van der Waals surface area contributed by atoms with Gasteiger partial charge in [0.2, 0.25) is 0 Å². The van der Waals surface area contributed by atoms with Crippen LogP contribution < -0.4 is 0 Å². The third-order valence-corrected chi connectivity index (χ3v) is 9.10. The van der Waals surface area contributed by atoms with Crippen LogP contribution in [0, 0.1) is 0 Å². The average Bonchev–Trinajstić information content (AvgIpc) is 3.29. The molecule has 0 atom stereocenters. The van der Waals surface area contributed by atoms with E-state index in [1.54, 1.807) is 45.3 Å². The van der Waals surface area contributed by atoms with Gasteiger partial charge in [-0.3, -0.25) is 0 Å². The Bertz CT molecular complexity index is 1060. The Labute approximate surface area is 170 Å². The van der Waals surface area contributed by atoms with Gasteiger partial charge in [-0.2, -0.15) is 22.7 Å². The molecule has 0 spiro atoms. The van der Waals surface area contributed by atoms with Crippen molar-refractivity contribution < 1.29 is 0 Å². The maximum absolute atomic E-state index is 4.82. The molecular weight excluding hydrogens is 508 g/mol. The molecule has 0 unspecified atom stereocenters. The Balaban J connectivity index is 1.68. The minimum Gasteiger partial charge on any atom is -0.236 e. The molecule has 0 fully saturated rings. The van der Waals surface area contributed by atoms with Crippen LogP contribution in [0.4, 0.5) is 0 Å². The molecule has 4 aromatic heterocycles. The molecular formula is C16H6Br2N2S4. The van der Waals surface area contributed by atoms with Crippen molar-refractivity contribution in [1.82, 2.24) is 9.97 Å². The van der Waals surface area contributed by atoms with Gasteiger partial charge < -0.3 is 0 Å². The summed E-state index contributed by atoms with van der Waals surface area (Å²) < 4.78 is 4.57. The maximum atomic E-state index is 4.82. The number of rotatable bonds is 2. The first kappa shape index (κ1) is 15.6. The highest BCUT2D eigenvalue weighted by Crippen LogP contribution is 2.41. The first-order valence-electron chi connectivity index (χ1n) is 6.84. The Morgan fingerprint density at radius 1 is 0.667 bits per heavy atom. The van der Waals surface area contributed by atoms with Crippen LogP contribution in [0.2, 0.25) is 0 Å². The Morgan fingerprint density at radius 3 is 1.50 bits per heavy atom. The van der Waals surface area contributed by atoms with E-state index in [1.807, 2.05) is 0 Å². The number of thiazole rings is 2. The zero-order valence-corrected chi connectivity index (χ0v) is 18.2. The Hall–Kier alpha value is -0.640. The molecule has 0 amide bonds. The van der Waals surface area contributed by atoms with Crippen molar-refractivity contribution in [2.75, 3.05) is 0 Å². The van der Waals surface area contributed by atoms with E-state index < -0.39 is 0 Å². The quantitative estimate of drug-likeness (QED) is 0.240. The predicted octanol–water partition coefficient (Wildman–Crippen LogP) is 7.89. The molecule has 0 saturated carbocycles. The van der Waals surface area contributed by atoms with Gasteiger partial charge in [-0.05, 0) is 44.0 Å². The van der Waals surface area contributed by atoms with Crippen molar-refractivity contribution in [2.24, 2.45) is 0 Å². The number of hydrogen-bond acceptors (Lipinski definition) is 6. The first-order valence-corrected chi connectivity index (χ1v) is 11.9. The average molecular weight is 514 g/mol. The van der Waals surface area contributed by atoms with Crippen molar-refractivity contribution in [1.29, 1.82) is 0 Å². The van der Waals surface area contributed by atoms with Crippen LogP contribution in [-0.2, 0) is 0 Å². The van der Waals surface area contributed by atoms with Gasteiger partial charge in [0, 0.05) is 41.6 Å². The molecule has 0 N–H and O–H groups in total. The maximum Gasteiger partial charge on any atom is 0.126 e. The van der Waals surface area contributed by atoms with Crippen LogP contribution >= 0.6 is 77.2 Å². The molecule has 0 saturated heterocycles. The molecule has 8 heteroatoms. The highest BCUT2D eigenvalue weighted by Gasteiger charge is 2.14. The number of fused-ring (bicyclic) bond motifs is 2. The van der Waals surface area contributed by atoms with E-state index in [1.165, 1.54) is 20.5 Å². The van der Waals surface area contributed by atoms with E-state index in [0.29, 0.717) is 0 Å². The molecule has 0 aliphatic carbocycles. The summed E-state index contributed by atoms with van der Waals surface area (Å²) >= 11 is 14.0. The van der Waals surface area contributed by atoms with E-state index in [-0.39, 0.29) is 0 Å². The number of benzene rings is 1. The lowest BCUT2D eigenvalue weighted by Gasteiger charge is -1.90. The fourth-order valence-corrected chi connectivity index (χ4v) is 7.81. The van der Waals surface area contributed by atoms with E-state index in [4.69, 9.17) is 9.97 Å². The molecule has 0 bridgehead atoms. The van der Waals surface area contributed by atoms with Gasteiger partial charge in [0.1, 0.15) is 10.0 Å². The van der Waals surface area contributed by atoms with Crippen molar-refractivity contribution in [2.45, 2.75) is 0 Å². The standard InChI is InChI=1S/C16H6Br2N2S4/c17-9-5-21-3-7(9)15-19-11-1-13-12(2-14(11)24-15)20-16(23-13)8-4-22-6-10(8)18/h1-6H. The molecule has 0 aliphatic heterocycles. The minimum absolute atomic E-state index is 1.04. The Morgan fingerprint density at radius 2 is 1.12 bits per heavy atom. The second-order valence-corrected chi connectivity index (χ2v) is 10.3. The summed E-state index contributed by atoms with van der Waals surface area (Å²) in [5, 5.41) is 10.6. The summed E-state index contributed by atoms with van der Waals surface area (Å²) in [6.45, 7) is 0. The number of aromatic nitrogens is 2. The van der Waals surface area contributed by atoms with Gasteiger partial charge in [0.25, 0.3) is 0 Å². The van der Waals surface area contributed by atoms with Crippen LogP contribution in [0.15, 0.2) is 42.6 Å². The summed E-state index contributed by atoms with van der Waals surface area (Å²) in [5.41, 5.74) is 4.42.